The van der Waals surface area contributed by atoms with Crippen LogP contribution in [0.5, 0.6) is 5.75 Å². The van der Waals surface area contributed by atoms with Crippen LogP contribution in [-0.4, -0.2) is 30.5 Å². The topological polar surface area (TPSA) is 49.7 Å². The number of rotatable bonds is 6. The number of hydrogen-bond donors (Lipinski definition) is 2. The maximum absolute atomic E-state index is 9.03. The molecule has 0 saturated carbocycles. The molecule has 0 radical (unpaired) electrons. The summed E-state index contributed by atoms with van der Waals surface area (Å²) in [6, 6.07) is 4.04. The molecule has 0 aromatic heterocycles. The van der Waals surface area contributed by atoms with Gasteiger partial charge in [-0.3, -0.25) is 0 Å². The molecule has 0 aliphatic heterocycles. The molecule has 2 N–H and O–H groups in total. The Morgan fingerprint density at radius 1 is 1.12 bits per heavy atom. The molecule has 1 aromatic carbocycles. The third-order valence-electron chi connectivity index (χ3n) is 3.41. The van der Waals surface area contributed by atoms with E-state index in [0.29, 0.717) is 0 Å². The van der Waals surface area contributed by atoms with Crippen molar-refractivity contribution in [3.8, 4) is 5.75 Å². The maximum Gasteiger partial charge on any atom is 0.122 e. The molecule has 0 spiro atoms. The van der Waals surface area contributed by atoms with Crippen molar-refractivity contribution in [2.75, 3.05) is 20.3 Å². The van der Waals surface area contributed by atoms with Gasteiger partial charge in [-0.25, -0.2) is 0 Å². The minimum atomic E-state index is -0.0168. The Labute approximate surface area is 103 Å². The highest BCUT2D eigenvalue weighted by Crippen LogP contribution is 2.25. The molecular weight excluding hydrogens is 216 g/mol. The highest BCUT2D eigenvalue weighted by molar-refractivity contribution is 5.43. The second-order valence-corrected chi connectivity index (χ2v) is 4.45. The fourth-order valence-electron chi connectivity index (χ4n) is 1.94. The van der Waals surface area contributed by atoms with Gasteiger partial charge in [0.05, 0.1) is 7.11 Å². The smallest absolute Gasteiger partial charge is 0.122 e. The predicted molar refractivity (Wildman–Crippen MR) is 68.5 cm³/mol. The van der Waals surface area contributed by atoms with E-state index in [1.807, 2.05) is 13.0 Å². The van der Waals surface area contributed by atoms with Crippen molar-refractivity contribution in [1.29, 1.82) is 0 Å². The first kappa shape index (κ1) is 14.0. The van der Waals surface area contributed by atoms with Crippen LogP contribution in [0.1, 0.15) is 23.1 Å². The summed E-state index contributed by atoms with van der Waals surface area (Å²) >= 11 is 0. The van der Waals surface area contributed by atoms with E-state index in [9.17, 15) is 0 Å². The van der Waals surface area contributed by atoms with Crippen LogP contribution in [0.2, 0.25) is 0 Å². The molecule has 0 atom stereocenters. The minimum Gasteiger partial charge on any atom is -0.496 e. The van der Waals surface area contributed by atoms with E-state index < -0.39 is 0 Å². The first-order chi connectivity index (χ1) is 8.13. The van der Waals surface area contributed by atoms with Crippen molar-refractivity contribution in [3.63, 3.8) is 0 Å². The zero-order valence-corrected chi connectivity index (χ0v) is 10.9. The van der Waals surface area contributed by atoms with Crippen molar-refractivity contribution >= 4 is 0 Å². The molecule has 1 rings (SSSR count). The summed E-state index contributed by atoms with van der Waals surface area (Å²) < 4.78 is 5.27. The zero-order valence-electron chi connectivity index (χ0n) is 10.9. The van der Waals surface area contributed by atoms with Crippen LogP contribution in [0.25, 0.3) is 0 Å². The Balaban J connectivity index is 2.75. The van der Waals surface area contributed by atoms with E-state index in [1.54, 1.807) is 7.11 Å². The third kappa shape index (κ3) is 3.45. The molecule has 0 fully saturated rings. The van der Waals surface area contributed by atoms with Gasteiger partial charge < -0.3 is 14.9 Å². The summed E-state index contributed by atoms with van der Waals surface area (Å²) in [5.74, 6) is 0.893. The number of aliphatic hydroxyl groups is 2. The van der Waals surface area contributed by atoms with Gasteiger partial charge in [-0.1, -0.05) is 6.07 Å². The molecule has 0 unspecified atom stereocenters. The second kappa shape index (κ2) is 6.62. The van der Waals surface area contributed by atoms with Crippen LogP contribution in [0.15, 0.2) is 12.1 Å². The first-order valence-corrected chi connectivity index (χ1v) is 5.98. The van der Waals surface area contributed by atoms with Crippen LogP contribution >= 0.6 is 0 Å². The summed E-state index contributed by atoms with van der Waals surface area (Å²) in [6.07, 6.45) is 1.68. The monoisotopic (exact) mass is 238 g/mol. The Kier molecular flexibility index (Phi) is 5.45. The molecule has 0 aliphatic rings. The molecular formula is C14H22O3. The summed E-state index contributed by atoms with van der Waals surface area (Å²) in [4.78, 5) is 0. The van der Waals surface area contributed by atoms with Gasteiger partial charge in [0.2, 0.25) is 0 Å². The van der Waals surface area contributed by atoms with Gasteiger partial charge in [0.25, 0.3) is 0 Å². The molecule has 3 heteroatoms. The average Bonchev–Trinajstić information content (AvgIpc) is 2.35. The fraction of sp³-hybridized carbons (Fsp3) is 0.571. The van der Waals surface area contributed by atoms with Crippen molar-refractivity contribution in [3.05, 3.63) is 28.8 Å². The highest BCUT2D eigenvalue weighted by Gasteiger charge is 2.10. The lowest BCUT2D eigenvalue weighted by Gasteiger charge is -2.15. The van der Waals surface area contributed by atoms with E-state index in [0.717, 1.165) is 24.2 Å². The Bertz CT molecular complexity index is 357. The lowest BCUT2D eigenvalue weighted by Crippen LogP contribution is -2.12. The summed E-state index contributed by atoms with van der Waals surface area (Å²) in [5.41, 5.74) is 3.66. The van der Waals surface area contributed by atoms with Gasteiger partial charge in [0.1, 0.15) is 5.75 Å². The van der Waals surface area contributed by atoms with Gasteiger partial charge >= 0.3 is 0 Å². The van der Waals surface area contributed by atoms with Crippen molar-refractivity contribution in [1.82, 2.24) is 0 Å². The lowest BCUT2D eigenvalue weighted by atomic mass is 9.95. The summed E-state index contributed by atoms with van der Waals surface area (Å²) in [7, 11) is 1.68. The minimum absolute atomic E-state index is 0.0168. The number of benzene rings is 1. The van der Waals surface area contributed by atoms with E-state index in [2.05, 4.69) is 13.0 Å². The molecule has 17 heavy (non-hydrogen) atoms. The number of ether oxygens (including phenoxy) is 1. The van der Waals surface area contributed by atoms with Crippen molar-refractivity contribution < 1.29 is 14.9 Å². The van der Waals surface area contributed by atoms with Crippen LogP contribution in [-0.2, 0) is 6.42 Å². The van der Waals surface area contributed by atoms with Gasteiger partial charge in [-0.05, 0) is 49.4 Å². The van der Waals surface area contributed by atoms with Gasteiger partial charge in [0.15, 0.2) is 0 Å². The maximum atomic E-state index is 9.03. The normalized spacial score (nSPS) is 10.9. The summed E-state index contributed by atoms with van der Waals surface area (Å²) in [6.45, 7) is 4.22. The van der Waals surface area contributed by atoms with E-state index in [4.69, 9.17) is 14.9 Å². The van der Waals surface area contributed by atoms with Crippen LogP contribution < -0.4 is 4.74 Å². The predicted octanol–water partition coefficient (Wildman–Crippen LogP) is 1.85. The number of aryl methyl sites for hydroxylation is 1. The van der Waals surface area contributed by atoms with Crippen LogP contribution in [0, 0.1) is 19.8 Å². The second-order valence-electron chi connectivity index (χ2n) is 4.45. The molecule has 0 saturated heterocycles. The highest BCUT2D eigenvalue weighted by atomic mass is 16.5. The lowest BCUT2D eigenvalue weighted by molar-refractivity contribution is 0.144. The molecule has 3 nitrogen and oxygen atoms in total. The Morgan fingerprint density at radius 2 is 1.76 bits per heavy atom. The number of methoxy groups -OCH3 is 1. The summed E-state index contributed by atoms with van der Waals surface area (Å²) in [5, 5.41) is 18.1. The zero-order chi connectivity index (χ0) is 12.8. The average molecular weight is 238 g/mol. The Morgan fingerprint density at radius 3 is 2.29 bits per heavy atom. The molecule has 96 valence electrons. The SMILES string of the molecule is COc1ccc(CCC(CO)CO)c(C)c1C. The van der Waals surface area contributed by atoms with Gasteiger partial charge in [-0.2, -0.15) is 0 Å². The molecule has 0 amide bonds. The van der Waals surface area contributed by atoms with Crippen molar-refractivity contribution in [2.45, 2.75) is 26.7 Å². The van der Waals surface area contributed by atoms with Crippen LogP contribution in [0.4, 0.5) is 0 Å². The van der Waals surface area contributed by atoms with Gasteiger partial charge in [-0.15, -0.1) is 0 Å². The number of hydrogen-bond acceptors (Lipinski definition) is 3. The van der Waals surface area contributed by atoms with E-state index >= 15 is 0 Å². The first-order valence-electron chi connectivity index (χ1n) is 5.98. The largest absolute Gasteiger partial charge is 0.496 e. The van der Waals surface area contributed by atoms with Crippen LogP contribution in [0.3, 0.4) is 0 Å². The number of aliphatic hydroxyl groups excluding tert-OH is 2. The van der Waals surface area contributed by atoms with Crippen molar-refractivity contribution in [2.24, 2.45) is 5.92 Å². The van der Waals surface area contributed by atoms with E-state index in [1.165, 1.54) is 11.1 Å². The third-order valence-corrected chi connectivity index (χ3v) is 3.41. The molecule has 0 aliphatic carbocycles. The van der Waals surface area contributed by atoms with E-state index in [-0.39, 0.29) is 19.1 Å². The molecule has 0 bridgehead atoms. The Hall–Kier alpha value is -1.06. The molecule has 0 heterocycles. The van der Waals surface area contributed by atoms with Gasteiger partial charge in [0, 0.05) is 19.1 Å². The molecule has 1 aromatic rings. The standard InChI is InChI=1S/C14H22O3/c1-10-11(2)14(17-3)7-6-13(10)5-4-12(8-15)9-16/h6-7,12,15-16H,4-5,8-9H2,1-3H3. The fourth-order valence-corrected chi connectivity index (χ4v) is 1.94. The quantitative estimate of drug-likeness (QED) is 0.795.